The molecule has 3 rings (SSSR count). The van der Waals surface area contributed by atoms with Gasteiger partial charge in [0.1, 0.15) is 5.69 Å². The van der Waals surface area contributed by atoms with Crippen LogP contribution in [0.25, 0.3) is 0 Å². The van der Waals surface area contributed by atoms with Gasteiger partial charge in [-0.05, 0) is 30.3 Å². The molecule has 0 radical (unpaired) electrons. The summed E-state index contributed by atoms with van der Waals surface area (Å²) < 4.78 is 10.3. The van der Waals surface area contributed by atoms with E-state index in [1.54, 1.807) is 12.1 Å². The summed E-state index contributed by atoms with van der Waals surface area (Å²) in [5, 5.41) is 9.08. The lowest BCUT2D eigenvalue weighted by Crippen LogP contribution is -2.11. The molecule has 0 saturated heterocycles. The molecular formula is C14H9NO5. The molecule has 0 unspecified atom stereocenters. The van der Waals surface area contributed by atoms with Gasteiger partial charge in [0, 0.05) is 11.8 Å². The Labute approximate surface area is 113 Å². The van der Waals surface area contributed by atoms with Gasteiger partial charge in [0.15, 0.2) is 11.5 Å². The predicted octanol–water partition coefficient (Wildman–Crippen LogP) is 1.74. The molecule has 2 heterocycles. The highest BCUT2D eigenvalue weighted by Crippen LogP contribution is 2.33. The summed E-state index contributed by atoms with van der Waals surface area (Å²) in [6.45, 7) is 0.108. The Morgan fingerprint density at radius 2 is 1.95 bits per heavy atom. The molecule has 0 bridgehead atoms. The quantitative estimate of drug-likeness (QED) is 0.856. The highest BCUT2D eigenvalue weighted by molar-refractivity contribution is 6.13. The number of carboxylic acid groups (broad SMARTS) is 1. The molecule has 6 nitrogen and oxygen atoms in total. The van der Waals surface area contributed by atoms with Gasteiger partial charge in [-0.3, -0.25) is 9.78 Å². The molecule has 1 aromatic carbocycles. The fourth-order valence-electron chi connectivity index (χ4n) is 1.93. The van der Waals surface area contributed by atoms with E-state index in [-0.39, 0.29) is 18.1 Å². The second-order valence-electron chi connectivity index (χ2n) is 4.10. The third-order valence-corrected chi connectivity index (χ3v) is 2.89. The summed E-state index contributed by atoms with van der Waals surface area (Å²) in [7, 11) is 0. The second-order valence-corrected chi connectivity index (χ2v) is 4.10. The molecule has 20 heavy (non-hydrogen) atoms. The first-order valence-corrected chi connectivity index (χ1v) is 5.79. The first-order chi connectivity index (χ1) is 9.66. The predicted molar refractivity (Wildman–Crippen MR) is 67.2 cm³/mol. The monoisotopic (exact) mass is 271 g/mol. The summed E-state index contributed by atoms with van der Waals surface area (Å²) in [5.41, 5.74) is 0.0736. The van der Waals surface area contributed by atoms with Gasteiger partial charge in [-0.15, -0.1) is 0 Å². The average molecular weight is 271 g/mol. The molecule has 0 amide bonds. The standard InChI is InChI=1S/C14H9NO5/c16-13(12-9(14(17)18)2-1-5-15-12)8-3-4-10-11(6-8)20-7-19-10/h1-6H,7H2,(H,17,18). The van der Waals surface area contributed by atoms with Crippen LogP contribution >= 0.6 is 0 Å². The average Bonchev–Trinajstić information content (AvgIpc) is 2.93. The normalized spacial score (nSPS) is 12.2. The minimum atomic E-state index is -1.19. The fraction of sp³-hybridized carbons (Fsp3) is 0.0714. The minimum Gasteiger partial charge on any atom is -0.478 e. The summed E-state index contributed by atoms with van der Waals surface area (Å²) in [5.74, 6) is -0.645. The van der Waals surface area contributed by atoms with Gasteiger partial charge in [0.05, 0.1) is 5.56 Å². The molecule has 0 fully saturated rings. The largest absolute Gasteiger partial charge is 0.478 e. The van der Waals surface area contributed by atoms with E-state index in [2.05, 4.69) is 4.98 Å². The maximum absolute atomic E-state index is 12.3. The van der Waals surface area contributed by atoms with Crippen LogP contribution in [-0.4, -0.2) is 28.6 Å². The Kier molecular flexibility index (Phi) is 2.83. The lowest BCUT2D eigenvalue weighted by atomic mass is 10.0. The zero-order valence-corrected chi connectivity index (χ0v) is 10.2. The third-order valence-electron chi connectivity index (χ3n) is 2.89. The van der Waals surface area contributed by atoms with Crippen LogP contribution in [0.3, 0.4) is 0 Å². The lowest BCUT2D eigenvalue weighted by Gasteiger charge is -2.05. The molecule has 1 aromatic heterocycles. The van der Waals surface area contributed by atoms with Crippen molar-refractivity contribution >= 4 is 11.8 Å². The van der Waals surface area contributed by atoms with Crippen LogP contribution in [0.2, 0.25) is 0 Å². The number of aromatic nitrogens is 1. The van der Waals surface area contributed by atoms with Gasteiger partial charge in [-0.1, -0.05) is 0 Å². The molecule has 6 heteroatoms. The highest BCUT2D eigenvalue weighted by atomic mass is 16.7. The minimum absolute atomic E-state index is 0.0983. The molecule has 1 aliphatic heterocycles. The van der Waals surface area contributed by atoms with Gasteiger partial charge in [-0.2, -0.15) is 0 Å². The number of hydrogen-bond donors (Lipinski definition) is 1. The molecular weight excluding hydrogens is 262 g/mol. The van der Waals surface area contributed by atoms with Gasteiger partial charge in [-0.25, -0.2) is 4.79 Å². The molecule has 0 aliphatic carbocycles. The van der Waals surface area contributed by atoms with Gasteiger partial charge >= 0.3 is 5.97 Å². The van der Waals surface area contributed by atoms with Crippen molar-refractivity contribution in [3.8, 4) is 11.5 Å². The number of carbonyl (C=O) groups is 2. The SMILES string of the molecule is O=C(O)c1cccnc1C(=O)c1ccc2c(c1)OCO2. The van der Waals surface area contributed by atoms with Crippen molar-refractivity contribution in [3.05, 3.63) is 53.3 Å². The van der Waals surface area contributed by atoms with E-state index in [0.717, 1.165) is 0 Å². The third kappa shape index (κ3) is 1.97. The van der Waals surface area contributed by atoms with Crippen LogP contribution in [-0.2, 0) is 0 Å². The van der Waals surface area contributed by atoms with E-state index >= 15 is 0 Å². The van der Waals surface area contributed by atoms with Crippen molar-refractivity contribution in [2.75, 3.05) is 6.79 Å². The summed E-state index contributed by atoms with van der Waals surface area (Å²) in [6.07, 6.45) is 1.38. The number of nitrogens with zero attached hydrogens (tertiary/aromatic N) is 1. The summed E-state index contributed by atoms with van der Waals surface area (Å²) >= 11 is 0. The Bertz CT molecular complexity index is 710. The zero-order chi connectivity index (χ0) is 14.1. The summed E-state index contributed by atoms with van der Waals surface area (Å²) in [4.78, 5) is 27.3. The first kappa shape index (κ1) is 12.2. The Morgan fingerprint density at radius 1 is 1.15 bits per heavy atom. The summed E-state index contributed by atoms with van der Waals surface area (Å²) in [6, 6.07) is 7.50. The highest BCUT2D eigenvalue weighted by Gasteiger charge is 2.21. The van der Waals surface area contributed by atoms with Crippen molar-refractivity contribution in [2.24, 2.45) is 0 Å². The van der Waals surface area contributed by atoms with E-state index in [9.17, 15) is 9.59 Å². The number of benzene rings is 1. The maximum atomic E-state index is 12.3. The van der Waals surface area contributed by atoms with E-state index in [1.165, 1.54) is 24.4 Å². The number of hydrogen-bond acceptors (Lipinski definition) is 5. The van der Waals surface area contributed by atoms with E-state index < -0.39 is 11.8 Å². The number of aromatic carboxylic acids is 1. The molecule has 1 N–H and O–H groups in total. The number of ketones is 1. The van der Waals surface area contributed by atoms with Crippen LogP contribution in [0.1, 0.15) is 26.4 Å². The fourth-order valence-corrected chi connectivity index (χ4v) is 1.93. The first-order valence-electron chi connectivity index (χ1n) is 5.79. The van der Waals surface area contributed by atoms with Crippen LogP contribution in [0.15, 0.2) is 36.5 Å². The number of fused-ring (bicyclic) bond motifs is 1. The van der Waals surface area contributed by atoms with Crippen LogP contribution in [0.5, 0.6) is 11.5 Å². The Hall–Kier alpha value is -2.89. The smallest absolute Gasteiger partial charge is 0.338 e. The van der Waals surface area contributed by atoms with Crippen molar-refractivity contribution in [2.45, 2.75) is 0 Å². The number of ether oxygens (including phenoxy) is 2. The number of carbonyl (C=O) groups excluding carboxylic acids is 1. The second kappa shape index (κ2) is 4.65. The molecule has 100 valence electrons. The van der Waals surface area contributed by atoms with Crippen molar-refractivity contribution in [3.63, 3.8) is 0 Å². The number of carboxylic acids is 1. The van der Waals surface area contributed by atoms with Crippen molar-refractivity contribution in [1.29, 1.82) is 0 Å². The van der Waals surface area contributed by atoms with Crippen molar-refractivity contribution in [1.82, 2.24) is 4.98 Å². The van der Waals surface area contributed by atoms with Crippen LogP contribution < -0.4 is 9.47 Å². The van der Waals surface area contributed by atoms with Gasteiger partial charge in [0.2, 0.25) is 12.6 Å². The lowest BCUT2D eigenvalue weighted by molar-refractivity contribution is 0.0692. The maximum Gasteiger partial charge on any atom is 0.338 e. The molecule has 0 atom stereocenters. The van der Waals surface area contributed by atoms with Crippen molar-refractivity contribution < 1.29 is 24.2 Å². The zero-order valence-electron chi connectivity index (χ0n) is 10.2. The van der Waals surface area contributed by atoms with Gasteiger partial charge < -0.3 is 14.6 Å². The number of pyridine rings is 1. The Morgan fingerprint density at radius 3 is 2.75 bits per heavy atom. The number of rotatable bonds is 3. The molecule has 1 aliphatic rings. The van der Waals surface area contributed by atoms with Crippen LogP contribution in [0, 0.1) is 0 Å². The molecule has 0 saturated carbocycles. The van der Waals surface area contributed by atoms with Gasteiger partial charge in [0.25, 0.3) is 0 Å². The Balaban J connectivity index is 2.03. The van der Waals surface area contributed by atoms with E-state index in [1.807, 2.05) is 0 Å². The van der Waals surface area contributed by atoms with E-state index in [4.69, 9.17) is 14.6 Å². The topological polar surface area (TPSA) is 85.7 Å². The van der Waals surface area contributed by atoms with Crippen LogP contribution in [0.4, 0.5) is 0 Å². The van der Waals surface area contributed by atoms with E-state index in [0.29, 0.717) is 17.1 Å². The molecule has 0 spiro atoms. The molecule has 2 aromatic rings.